The molecule has 3 heteroatoms. The fourth-order valence-corrected chi connectivity index (χ4v) is 1.57. The van der Waals surface area contributed by atoms with Gasteiger partial charge in [-0.3, -0.25) is 0 Å². The molecule has 0 aromatic carbocycles. The zero-order valence-corrected chi connectivity index (χ0v) is 7.25. The van der Waals surface area contributed by atoms with Crippen LogP contribution in [0.15, 0.2) is 0 Å². The summed E-state index contributed by atoms with van der Waals surface area (Å²) < 4.78 is 18.5. The minimum Gasteiger partial charge on any atom is -0.371 e. The quantitative estimate of drug-likeness (QED) is 0.577. The normalized spacial score (nSPS) is 52.6. The summed E-state index contributed by atoms with van der Waals surface area (Å²) in [6.45, 7) is 5.48. The van der Waals surface area contributed by atoms with Gasteiger partial charge in [-0.15, -0.1) is 0 Å². The molecule has 66 valence electrons. The number of rotatable bonds is 0. The molecule has 1 saturated heterocycles. The molecule has 1 rings (SSSR count). The van der Waals surface area contributed by atoms with Crippen LogP contribution in [0.1, 0.15) is 20.8 Å². The zero-order chi connectivity index (χ0) is 8.59. The average Bonchev–Trinajstić information content (AvgIpc) is 1.97. The van der Waals surface area contributed by atoms with Gasteiger partial charge >= 0.3 is 0 Å². The number of hydrogen-bond acceptors (Lipinski definition) is 2. The Morgan fingerprint density at radius 1 is 1.18 bits per heavy atom. The zero-order valence-electron chi connectivity index (χ0n) is 7.25. The topological polar surface area (TPSA) is 35.2 Å². The second kappa shape index (κ2) is 3.07. The van der Waals surface area contributed by atoms with Crippen LogP contribution in [0.25, 0.3) is 0 Å². The number of ether oxygens (including phenoxy) is 1. The molecule has 11 heavy (non-hydrogen) atoms. The first-order chi connectivity index (χ1) is 5.04. The van der Waals surface area contributed by atoms with Crippen LogP contribution in [-0.4, -0.2) is 24.4 Å². The SMILES string of the molecule is CC1OC(C)C(F)C(C)C1N. The molecule has 1 aliphatic rings. The largest absolute Gasteiger partial charge is 0.371 e. The van der Waals surface area contributed by atoms with E-state index in [2.05, 4.69) is 0 Å². The van der Waals surface area contributed by atoms with E-state index in [1.165, 1.54) is 0 Å². The molecule has 0 aromatic rings. The molecule has 1 aliphatic heterocycles. The van der Waals surface area contributed by atoms with E-state index in [0.29, 0.717) is 0 Å². The number of hydrogen-bond donors (Lipinski definition) is 1. The number of alkyl halides is 1. The lowest BCUT2D eigenvalue weighted by molar-refractivity contribution is -0.109. The Morgan fingerprint density at radius 3 is 2.27 bits per heavy atom. The lowest BCUT2D eigenvalue weighted by atomic mass is 9.88. The van der Waals surface area contributed by atoms with Gasteiger partial charge in [0, 0.05) is 12.0 Å². The van der Waals surface area contributed by atoms with Crippen LogP contribution in [0.3, 0.4) is 0 Å². The van der Waals surface area contributed by atoms with Gasteiger partial charge < -0.3 is 10.5 Å². The molecule has 0 bridgehead atoms. The second-order valence-corrected chi connectivity index (χ2v) is 3.43. The molecule has 0 aromatic heterocycles. The fraction of sp³-hybridized carbons (Fsp3) is 1.00. The van der Waals surface area contributed by atoms with Crippen LogP contribution in [0, 0.1) is 5.92 Å². The number of nitrogens with two attached hydrogens (primary N) is 1. The monoisotopic (exact) mass is 161 g/mol. The molecule has 1 fully saturated rings. The van der Waals surface area contributed by atoms with Crippen molar-refractivity contribution in [2.24, 2.45) is 11.7 Å². The summed E-state index contributed by atoms with van der Waals surface area (Å²) >= 11 is 0. The van der Waals surface area contributed by atoms with Gasteiger partial charge in [0.25, 0.3) is 0 Å². The summed E-state index contributed by atoms with van der Waals surface area (Å²) in [6.07, 6.45) is -1.24. The van der Waals surface area contributed by atoms with Gasteiger partial charge in [0.1, 0.15) is 6.17 Å². The summed E-state index contributed by atoms with van der Waals surface area (Å²) in [5, 5.41) is 0. The van der Waals surface area contributed by atoms with Crippen LogP contribution >= 0.6 is 0 Å². The first-order valence-corrected chi connectivity index (χ1v) is 4.09. The first-order valence-electron chi connectivity index (χ1n) is 4.09. The van der Waals surface area contributed by atoms with Crippen LogP contribution < -0.4 is 5.73 Å². The summed E-state index contributed by atoms with van der Waals surface area (Å²) in [5.41, 5.74) is 5.71. The van der Waals surface area contributed by atoms with Gasteiger partial charge in [0.15, 0.2) is 0 Å². The molecule has 0 aliphatic carbocycles. The molecule has 2 N–H and O–H groups in total. The second-order valence-electron chi connectivity index (χ2n) is 3.43. The molecule has 0 amide bonds. The van der Waals surface area contributed by atoms with E-state index in [4.69, 9.17) is 10.5 Å². The van der Waals surface area contributed by atoms with Crippen molar-refractivity contribution in [2.75, 3.05) is 0 Å². The third-order valence-electron chi connectivity index (χ3n) is 2.53. The van der Waals surface area contributed by atoms with Crippen molar-refractivity contribution in [3.63, 3.8) is 0 Å². The highest BCUT2D eigenvalue weighted by atomic mass is 19.1. The van der Waals surface area contributed by atoms with Gasteiger partial charge in [0.05, 0.1) is 12.2 Å². The molecule has 0 saturated carbocycles. The van der Waals surface area contributed by atoms with Gasteiger partial charge in [0.2, 0.25) is 0 Å². The summed E-state index contributed by atoms with van der Waals surface area (Å²) in [6, 6.07) is -0.166. The highest BCUT2D eigenvalue weighted by Crippen LogP contribution is 2.26. The highest BCUT2D eigenvalue weighted by Gasteiger charge is 2.37. The van der Waals surface area contributed by atoms with Gasteiger partial charge in [-0.25, -0.2) is 4.39 Å². The average molecular weight is 161 g/mol. The van der Waals surface area contributed by atoms with E-state index < -0.39 is 6.17 Å². The third-order valence-corrected chi connectivity index (χ3v) is 2.53. The minimum absolute atomic E-state index is 0.0213. The molecular weight excluding hydrogens is 145 g/mol. The van der Waals surface area contributed by atoms with E-state index in [9.17, 15) is 4.39 Å². The molecular formula is C8H16FNO. The Bertz CT molecular complexity index is 128. The van der Waals surface area contributed by atoms with E-state index >= 15 is 0 Å². The lowest BCUT2D eigenvalue weighted by Gasteiger charge is -2.38. The molecule has 5 atom stereocenters. The van der Waals surface area contributed by atoms with E-state index in [1.54, 1.807) is 6.92 Å². The van der Waals surface area contributed by atoms with Crippen molar-refractivity contribution in [3.8, 4) is 0 Å². The first kappa shape index (κ1) is 8.94. The summed E-state index contributed by atoms with van der Waals surface area (Å²) in [4.78, 5) is 0. The van der Waals surface area contributed by atoms with Crippen molar-refractivity contribution in [2.45, 2.75) is 45.2 Å². The van der Waals surface area contributed by atoms with E-state index in [-0.39, 0.29) is 24.2 Å². The van der Waals surface area contributed by atoms with Crippen molar-refractivity contribution in [3.05, 3.63) is 0 Å². The predicted molar refractivity (Wildman–Crippen MR) is 42.0 cm³/mol. The van der Waals surface area contributed by atoms with Crippen molar-refractivity contribution in [1.29, 1.82) is 0 Å². The fourth-order valence-electron chi connectivity index (χ4n) is 1.57. The van der Waals surface area contributed by atoms with Gasteiger partial charge in [-0.2, -0.15) is 0 Å². The van der Waals surface area contributed by atoms with Gasteiger partial charge in [-0.05, 0) is 13.8 Å². The van der Waals surface area contributed by atoms with Crippen LogP contribution in [-0.2, 0) is 4.74 Å². The van der Waals surface area contributed by atoms with E-state index in [1.807, 2.05) is 13.8 Å². The van der Waals surface area contributed by atoms with Crippen LogP contribution in [0.4, 0.5) is 4.39 Å². The van der Waals surface area contributed by atoms with E-state index in [0.717, 1.165) is 0 Å². The molecule has 0 spiro atoms. The minimum atomic E-state index is -0.916. The van der Waals surface area contributed by atoms with Crippen molar-refractivity contribution < 1.29 is 9.13 Å². The Kier molecular flexibility index (Phi) is 2.50. The van der Waals surface area contributed by atoms with Crippen molar-refractivity contribution >= 4 is 0 Å². The maximum absolute atomic E-state index is 13.2. The predicted octanol–water partition coefficient (Wildman–Crippen LogP) is 1.10. The molecule has 5 unspecified atom stereocenters. The summed E-state index contributed by atoms with van der Waals surface area (Å²) in [7, 11) is 0. The van der Waals surface area contributed by atoms with Crippen molar-refractivity contribution in [1.82, 2.24) is 0 Å². The smallest absolute Gasteiger partial charge is 0.130 e. The van der Waals surface area contributed by atoms with Gasteiger partial charge in [-0.1, -0.05) is 6.92 Å². The summed E-state index contributed by atoms with van der Waals surface area (Å²) in [5.74, 6) is -0.0891. The molecule has 1 heterocycles. The highest BCUT2D eigenvalue weighted by molar-refractivity contribution is 4.88. The maximum Gasteiger partial charge on any atom is 0.130 e. The van der Waals surface area contributed by atoms with Crippen LogP contribution in [0.2, 0.25) is 0 Å². The maximum atomic E-state index is 13.2. The molecule has 0 radical (unpaired) electrons. The Labute approximate surface area is 66.9 Å². The lowest BCUT2D eigenvalue weighted by Crippen LogP contribution is -2.53. The number of halogens is 1. The van der Waals surface area contributed by atoms with Crippen LogP contribution in [0.5, 0.6) is 0 Å². The third kappa shape index (κ3) is 1.54. The molecule has 2 nitrogen and oxygen atoms in total. The Morgan fingerprint density at radius 2 is 1.73 bits per heavy atom. The Hall–Kier alpha value is -0.150. The standard InChI is InChI=1S/C8H16FNO/c1-4-7(9)5(2)11-6(3)8(4)10/h4-8H,10H2,1-3H3. The Balaban J connectivity index is 2.63.